The van der Waals surface area contributed by atoms with Crippen LogP contribution in [-0.2, 0) is 9.59 Å². The molecule has 2 N–H and O–H groups in total. The second-order valence-electron chi connectivity index (χ2n) is 5.64. The molecule has 24 heavy (non-hydrogen) atoms. The van der Waals surface area contributed by atoms with Crippen molar-refractivity contribution in [3.05, 3.63) is 41.2 Å². The molecule has 0 fully saturated rings. The maximum Gasteiger partial charge on any atom is 0.258 e. The maximum absolute atomic E-state index is 12.0. The van der Waals surface area contributed by atoms with Gasteiger partial charge < -0.3 is 19.9 Å². The van der Waals surface area contributed by atoms with Crippen LogP contribution in [0.5, 0.6) is 5.75 Å². The molecule has 7 nitrogen and oxygen atoms in total. The number of aromatic nitrogens is 1. The summed E-state index contributed by atoms with van der Waals surface area (Å²) in [6.45, 7) is 7.11. The topological polar surface area (TPSA) is 93.5 Å². The fraction of sp³-hybridized carbons (Fsp3) is 0.353. The molecule has 128 valence electrons. The summed E-state index contributed by atoms with van der Waals surface area (Å²) in [4.78, 5) is 23.9. The Hall–Kier alpha value is -2.83. The van der Waals surface area contributed by atoms with Crippen molar-refractivity contribution < 1.29 is 18.8 Å². The van der Waals surface area contributed by atoms with Crippen LogP contribution in [0.3, 0.4) is 0 Å². The molecular formula is C17H21N3O4. The lowest BCUT2D eigenvalue weighted by Gasteiger charge is -2.13. The minimum Gasteiger partial charge on any atom is -0.484 e. The number of nitrogens with zero attached hydrogens (tertiary/aromatic N) is 1. The number of hydrogen-bond acceptors (Lipinski definition) is 5. The highest BCUT2D eigenvalue weighted by Crippen LogP contribution is 2.16. The molecule has 1 heterocycles. The first kappa shape index (κ1) is 17.5. The summed E-state index contributed by atoms with van der Waals surface area (Å²) in [6, 6.07) is 6.47. The van der Waals surface area contributed by atoms with Gasteiger partial charge in [-0.3, -0.25) is 9.59 Å². The Bertz CT molecular complexity index is 739. The molecule has 0 radical (unpaired) electrons. The number of hydrogen-bond donors (Lipinski definition) is 2. The summed E-state index contributed by atoms with van der Waals surface area (Å²) in [6.07, 6.45) is 0. The van der Waals surface area contributed by atoms with Gasteiger partial charge in [-0.1, -0.05) is 11.2 Å². The molecular weight excluding hydrogens is 310 g/mol. The van der Waals surface area contributed by atoms with Crippen molar-refractivity contribution in [2.75, 3.05) is 11.9 Å². The van der Waals surface area contributed by atoms with Gasteiger partial charge in [0.2, 0.25) is 5.91 Å². The standard InChI is InChI=1S/C17H21N3O4/c1-10-5-6-14(7-11(10)2)23-9-16(21)18-13(4)17(22)19-15-8-12(3)24-20-15/h5-8,13H,9H2,1-4H3,(H,18,21)(H,19,20,22)/t13-/m0/s1. The molecule has 0 unspecified atom stereocenters. The van der Waals surface area contributed by atoms with E-state index in [1.807, 2.05) is 26.0 Å². The maximum atomic E-state index is 12.0. The Labute approximate surface area is 140 Å². The van der Waals surface area contributed by atoms with Gasteiger partial charge in [0.15, 0.2) is 12.4 Å². The highest BCUT2D eigenvalue weighted by atomic mass is 16.5. The zero-order valence-electron chi connectivity index (χ0n) is 14.2. The van der Waals surface area contributed by atoms with Crippen LogP contribution < -0.4 is 15.4 Å². The molecule has 0 aliphatic carbocycles. The summed E-state index contributed by atoms with van der Waals surface area (Å²) in [5.41, 5.74) is 2.24. The summed E-state index contributed by atoms with van der Waals surface area (Å²) >= 11 is 0. The van der Waals surface area contributed by atoms with Gasteiger partial charge >= 0.3 is 0 Å². The lowest BCUT2D eigenvalue weighted by Crippen LogP contribution is -2.43. The second kappa shape index (κ2) is 7.63. The number of ether oxygens (including phenoxy) is 1. The predicted molar refractivity (Wildman–Crippen MR) is 88.9 cm³/mol. The van der Waals surface area contributed by atoms with Crippen molar-refractivity contribution in [3.63, 3.8) is 0 Å². The second-order valence-corrected chi connectivity index (χ2v) is 5.64. The van der Waals surface area contributed by atoms with Crippen molar-refractivity contribution >= 4 is 17.6 Å². The Morgan fingerprint density at radius 2 is 1.96 bits per heavy atom. The van der Waals surface area contributed by atoms with Crippen LogP contribution in [0.15, 0.2) is 28.8 Å². The van der Waals surface area contributed by atoms with Gasteiger partial charge in [-0.25, -0.2) is 0 Å². The first-order valence-corrected chi connectivity index (χ1v) is 7.58. The third kappa shape index (κ3) is 4.84. The highest BCUT2D eigenvalue weighted by Gasteiger charge is 2.17. The molecule has 2 rings (SSSR count). The smallest absolute Gasteiger partial charge is 0.258 e. The minimum atomic E-state index is -0.724. The minimum absolute atomic E-state index is 0.164. The van der Waals surface area contributed by atoms with E-state index in [1.165, 1.54) is 0 Å². The molecule has 2 aromatic rings. The summed E-state index contributed by atoms with van der Waals surface area (Å²) in [5, 5.41) is 8.79. The average Bonchev–Trinajstić information content (AvgIpc) is 2.93. The quantitative estimate of drug-likeness (QED) is 0.846. The monoisotopic (exact) mass is 331 g/mol. The van der Waals surface area contributed by atoms with Crippen molar-refractivity contribution in [1.82, 2.24) is 10.5 Å². The van der Waals surface area contributed by atoms with E-state index in [-0.39, 0.29) is 18.4 Å². The van der Waals surface area contributed by atoms with Crippen LogP contribution in [0.25, 0.3) is 0 Å². The summed E-state index contributed by atoms with van der Waals surface area (Å²) in [5.74, 6) is 0.743. The number of carbonyl (C=O) groups is 2. The van der Waals surface area contributed by atoms with Crippen molar-refractivity contribution in [3.8, 4) is 5.75 Å². The van der Waals surface area contributed by atoms with Crippen LogP contribution in [-0.4, -0.2) is 29.6 Å². The van der Waals surface area contributed by atoms with E-state index in [1.54, 1.807) is 26.0 Å². The third-order valence-corrected chi connectivity index (χ3v) is 3.50. The van der Waals surface area contributed by atoms with Gasteiger partial charge in [-0.05, 0) is 51.0 Å². The Morgan fingerprint density at radius 1 is 1.21 bits per heavy atom. The molecule has 0 saturated heterocycles. The Morgan fingerprint density at radius 3 is 2.58 bits per heavy atom. The fourth-order valence-corrected chi connectivity index (χ4v) is 1.96. The van der Waals surface area contributed by atoms with Gasteiger partial charge in [0.1, 0.15) is 17.6 Å². The summed E-state index contributed by atoms with van der Waals surface area (Å²) in [7, 11) is 0. The van der Waals surface area contributed by atoms with Crippen LogP contribution >= 0.6 is 0 Å². The molecule has 7 heteroatoms. The zero-order chi connectivity index (χ0) is 17.7. The number of amides is 2. The average molecular weight is 331 g/mol. The zero-order valence-corrected chi connectivity index (χ0v) is 14.2. The molecule has 0 spiro atoms. The van der Waals surface area contributed by atoms with Gasteiger partial charge in [-0.2, -0.15) is 0 Å². The molecule has 0 aliphatic heterocycles. The van der Waals surface area contributed by atoms with Crippen molar-refractivity contribution in [1.29, 1.82) is 0 Å². The molecule has 1 atom stereocenters. The number of benzene rings is 1. The van der Waals surface area contributed by atoms with E-state index in [4.69, 9.17) is 9.26 Å². The van der Waals surface area contributed by atoms with Gasteiger partial charge in [0, 0.05) is 6.07 Å². The molecule has 0 bridgehead atoms. The molecule has 0 saturated carbocycles. The predicted octanol–water partition coefficient (Wildman–Crippen LogP) is 2.12. The van der Waals surface area contributed by atoms with E-state index >= 15 is 0 Å². The van der Waals surface area contributed by atoms with Gasteiger partial charge in [-0.15, -0.1) is 0 Å². The first-order chi connectivity index (χ1) is 11.3. The van der Waals surface area contributed by atoms with E-state index in [0.717, 1.165) is 11.1 Å². The van der Waals surface area contributed by atoms with Crippen LogP contribution in [0.2, 0.25) is 0 Å². The fourth-order valence-electron chi connectivity index (χ4n) is 1.96. The third-order valence-electron chi connectivity index (χ3n) is 3.50. The van der Waals surface area contributed by atoms with E-state index in [0.29, 0.717) is 17.3 Å². The molecule has 1 aromatic heterocycles. The normalized spacial score (nSPS) is 11.7. The lowest BCUT2D eigenvalue weighted by atomic mass is 10.1. The van der Waals surface area contributed by atoms with Crippen molar-refractivity contribution in [2.45, 2.75) is 33.7 Å². The molecule has 2 amide bonds. The number of rotatable bonds is 6. The Kier molecular flexibility index (Phi) is 5.57. The highest BCUT2D eigenvalue weighted by molar-refractivity contribution is 5.96. The number of anilines is 1. The number of carbonyl (C=O) groups excluding carboxylic acids is 2. The van der Waals surface area contributed by atoms with Gasteiger partial charge in [0.05, 0.1) is 0 Å². The lowest BCUT2D eigenvalue weighted by molar-refractivity contribution is -0.127. The van der Waals surface area contributed by atoms with E-state index in [9.17, 15) is 9.59 Å². The summed E-state index contributed by atoms with van der Waals surface area (Å²) < 4.78 is 10.3. The van der Waals surface area contributed by atoms with Gasteiger partial charge in [0.25, 0.3) is 5.91 Å². The van der Waals surface area contributed by atoms with Crippen LogP contribution in [0.4, 0.5) is 5.82 Å². The van der Waals surface area contributed by atoms with E-state index < -0.39 is 6.04 Å². The van der Waals surface area contributed by atoms with Crippen LogP contribution in [0, 0.1) is 20.8 Å². The molecule has 0 aliphatic rings. The first-order valence-electron chi connectivity index (χ1n) is 7.58. The SMILES string of the molecule is Cc1cc(NC(=O)[C@H](C)NC(=O)COc2ccc(C)c(C)c2)no1. The van der Waals surface area contributed by atoms with E-state index in [2.05, 4.69) is 15.8 Å². The van der Waals surface area contributed by atoms with Crippen molar-refractivity contribution in [2.24, 2.45) is 0 Å². The molecule has 1 aromatic carbocycles. The number of nitrogens with one attached hydrogen (secondary N) is 2. The Balaban J connectivity index is 1.80. The van der Waals surface area contributed by atoms with Crippen LogP contribution in [0.1, 0.15) is 23.8 Å². The largest absolute Gasteiger partial charge is 0.484 e. The number of aryl methyl sites for hydroxylation is 3.